The minimum atomic E-state index is 0. The Morgan fingerprint density at radius 2 is 1.31 bits per heavy atom. The van der Waals surface area contributed by atoms with Gasteiger partial charge in [0.15, 0.2) is 0 Å². The van der Waals surface area contributed by atoms with Crippen LogP contribution >= 0.6 is 0 Å². The van der Waals surface area contributed by atoms with Crippen LogP contribution in [0.2, 0.25) is 0 Å². The van der Waals surface area contributed by atoms with E-state index in [1.165, 1.54) is 27.8 Å². The largest absolute Gasteiger partial charge is 0.0785 e. The lowest BCUT2D eigenvalue weighted by Crippen LogP contribution is -2.11. The zero-order valence-corrected chi connectivity index (χ0v) is 22.0. The average molecular weight is 441 g/mol. The molecule has 0 saturated carbocycles. The van der Waals surface area contributed by atoms with Crippen LogP contribution in [0.4, 0.5) is 0 Å². The fourth-order valence-corrected chi connectivity index (χ4v) is 2.84. The van der Waals surface area contributed by atoms with Crippen molar-refractivity contribution >= 4 is 6.08 Å². The van der Waals surface area contributed by atoms with Crippen molar-refractivity contribution in [3.8, 4) is 0 Å². The van der Waals surface area contributed by atoms with Gasteiger partial charge in [0.25, 0.3) is 0 Å². The molecule has 0 spiro atoms. The van der Waals surface area contributed by atoms with Crippen LogP contribution in [0.5, 0.6) is 0 Å². The average Bonchev–Trinajstić information content (AvgIpc) is 2.67. The monoisotopic (exact) mass is 440 g/mol. The van der Waals surface area contributed by atoms with Crippen molar-refractivity contribution in [2.45, 2.75) is 116 Å². The summed E-state index contributed by atoms with van der Waals surface area (Å²) in [6.45, 7) is 26.3. The lowest BCUT2D eigenvalue weighted by Gasteiger charge is -2.20. The molecule has 2 rings (SSSR count). The van der Waals surface area contributed by atoms with Gasteiger partial charge in [-0.2, -0.15) is 0 Å². The van der Waals surface area contributed by atoms with Gasteiger partial charge in [-0.1, -0.05) is 151 Å². The van der Waals surface area contributed by atoms with Gasteiger partial charge in [-0.25, -0.2) is 0 Å². The van der Waals surface area contributed by atoms with Crippen molar-refractivity contribution in [2.24, 2.45) is 5.41 Å². The molecule has 0 nitrogen and oxygen atoms in total. The van der Waals surface area contributed by atoms with Crippen molar-refractivity contribution in [3.63, 3.8) is 0 Å². The maximum absolute atomic E-state index is 2.33. The predicted octanol–water partition coefficient (Wildman–Crippen LogP) is 11.0. The number of hydrogen-bond donors (Lipinski definition) is 0. The first-order valence-corrected chi connectivity index (χ1v) is 11.7. The first-order valence-electron chi connectivity index (χ1n) is 11.7. The molecule has 184 valence electrons. The highest BCUT2D eigenvalue weighted by atomic mass is 14.2. The van der Waals surface area contributed by atoms with Gasteiger partial charge in [0.05, 0.1) is 0 Å². The molecule has 0 atom stereocenters. The number of benzene rings is 2. The van der Waals surface area contributed by atoms with Gasteiger partial charge in [0.2, 0.25) is 0 Å². The molecule has 0 saturated heterocycles. The summed E-state index contributed by atoms with van der Waals surface area (Å²) in [5.74, 6) is 0.616. The first kappa shape index (κ1) is 34.8. The third-order valence-corrected chi connectivity index (χ3v) is 4.79. The summed E-state index contributed by atoms with van der Waals surface area (Å²) in [5, 5.41) is 0. The first-order chi connectivity index (χ1) is 13.8. The normalized spacial score (nSPS) is 10.9. The number of aryl methyl sites for hydroxylation is 2. The van der Waals surface area contributed by atoms with Crippen molar-refractivity contribution in [3.05, 3.63) is 76.4 Å². The summed E-state index contributed by atoms with van der Waals surface area (Å²) in [6, 6.07) is 15.7. The smallest absolute Gasteiger partial charge is 0.0132 e. The highest BCUT2D eigenvalue weighted by Gasteiger charge is 2.14. The van der Waals surface area contributed by atoms with Crippen molar-refractivity contribution in [2.75, 3.05) is 0 Å². The zero-order chi connectivity index (χ0) is 23.5. The van der Waals surface area contributed by atoms with Crippen LogP contribution in [-0.2, 0) is 11.8 Å². The predicted molar refractivity (Wildman–Crippen MR) is 153 cm³/mol. The van der Waals surface area contributed by atoms with E-state index in [1.807, 2.05) is 13.8 Å². The Labute approximate surface area is 203 Å². The fourth-order valence-electron chi connectivity index (χ4n) is 2.84. The molecule has 0 N–H and O–H groups in total. The van der Waals surface area contributed by atoms with Gasteiger partial charge in [-0.05, 0) is 52.3 Å². The van der Waals surface area contributed by atoms with Crippen LogP contribution in [0.3, 0.4) is 0 Å². The topological polar surface area (TPSA) is 0 Å². The summed E-state index contributed by atoms with van der Waals surface area (Å²) >= 11 is 0. The molecular formula is C32H56. The summed E-state index contributed by atoms with van der Waals surface area (Å²) < 4.78 is 0. The van der Waals surface area contributed by atoms with Gasteiger partial charge < -0.3 is 0 Å². The Morgan fingerprint density at radius 3 is 1.69 bits per heavy atom. The minimum absolute atomic E-state index is 0. The molecule has 2 aromatic carbocycles. The lowest BCUT2D eigenvalue weighted by molar-refractivity contribution is 0.547. The third-order valence-electron chi connectivity index (χ3n) is 4.79. The molecule has 0 amide bonds. The van der Waals surface area contributed by atoms with Gasteiger partial charge in [-0.3, -0.25) is 0 Å². The van der Waals surface area contributed by atoms with E-state index in [2.05, 4.69) is 124 Å². The Kier molecular flexibility index (Phi) is 17.3. The lowest BCUT2D eigenvalue weighted by atomic mass is 9.85. The summed E-state index contributed by atoms with van der Waals surface area (Å²) in [4.78, 5) is 0. The summed E-state index contributed by atoms with van der Waals surface area (Å²) in [6.07, 6.45) is 5.58. The van der Waals surface area contributed by atoms with Crippen molar-refractivity contribution in [1.29, 1.82) is 0 Å². The molecule has 0 heteroatoms. The Morgan fingerprint density at radius 1 is 0.812 bits per heavy atom. The molecular weight excluding hydrogens is 384 g/mol. The van der Waals surface area contributed by atoms with E-state index in [9.17, 15) is 0 Å². The maximum atomic E-state index is 2.33. The standard InChI is InChI=1S/C15H22.C13H20.C2H6.2CH4/c1-12(2)14-8-6-13(7-9-14)10-11-15(3,4)5;1-6-11-7-10(2)8-12(9-11)13(3,4)5;1-2;;/h6-12H,1-5H3;7-9H,6H2,1-5H3;1-2H3;2*1H4/b11-10+;;;;. The molecule has 0 radical (unpaired) electrons. The minimum Gasteiger partial charge on any atom is -0.0785 e. The van der Waals surface area contributed by atoms with Gasteiger partial charge >= 0.3 is 0 Å². The highest BCUT2D eigenvalue weighted by Crippen LogP contribution is 2.24. The second-order valence-electron chi connectivity index (χ2n) is 10.3. The summed E-state index contributed by atoms with van der Waals surface area (Å²) in [7, 11) is 0. The van der Waals surface area contributed by atoms with E-state index in [0.29, 0.717) is 5.92 Å². The number of allylic oxidation sites excluding steroid dienone is 1. The summed E-state index contributed by atoms with van der Waals surface area (Å²) in [5.41, 5.74) is 7.50. The molecule has 0 bridgehead atoms. The van der Waals surface area contributed by atoms with E-state index < -0.39 is 0 Å². The fraction of sp³-hybridized carbons (Fsp3) is 0.562. The highest BCUT2D eigenvalue weighted by molar-refractivity contribution is 5.50. The van der Waals surface area contributed by atoms with Gasteiger partial charge in [0.1, 0.15) is 0 Å². The molecule has 0 aliphatic rings. The molecule has 32 heavy (non-hydrogen) atoms. The molecule has 2 aromatic rings. The van der Waals surface area contributed by atoms with Crippen LogP contribution in [0, 0.1) is 12.3 Å². The Hall–Kier alpha value is -1.82. The Balaban J connectivity index is -0.000000464. The van der Waals surface area contributed by atoms with E-state index in [4.69, 9.17) is 0 Å². The van der Waals surface area contributed by atoms with E-state index >= 15 is 0 Å². The maximum Gasteiger partial charge on any atom is -0.0132 e. The SMILES string of the molecule is C.C.CC.CC(C)c1ccc(/C=C/C(C)(C)C)cc1.CCc1cc(C)cc(C(C)(C)C)c1. The third kappa shape index (κ3) is 14.3. The Bertz CT molecular complexity index is 744. The molecule has 0 aliphatic carbocycles. The van der Waals surface area contributed by atoms with Crippen LogP contribution in [0.1, 0.15) is 125 Å². The second-order valence-corrected chi connectivity index (χ2v) is 10.3. The van der Waals surface area contributed by atoms with Crippen LogP contribution in [0.25, 0.3) is 6.08 Å². The molecule has 0 fully saturated rings. The molecule has 0 aromatic heterocycles. The molecule has 0 aliphatic heterocycles. The quantitative estimate of drug-likeness (QED) is 0.445. The van der Waals surface area contributed by atoms with Gasteiger partial charge in [-0.15, -0.1) is 0 Å². The molecule has 0 unspecified atom stereocenters. The van der Waals surface area contributed by atoms with Crippen LogP contribution in [0.15, 0.2) is 48.5 Å². The zero-order valence-electron chi connectivity index (χ0n) is 22.0. The van der Waals surface area contributed by atoms with E-state index in [-0.39, 0.29) is 25.7 Å². The number of hydrogen-bond acceptors (Lipinski definition) is 0. The van der Waals surface area contributed by atoms with Crippen molar-refractivity contribution < 1.29 is 0 Å². The molecule has 0 heterocycles. The van der Waals surface area contributed by atoms with Gasteiger partial charge in [0, 0.05) is 0 Å². The van der Waals surface area contributed by atoms with Crippen LogP contribution in [-0.4, -0.2) is 0 Å². The number of rotatable bonds is 3. The van der Waals surface area contributed by atoms with E-state index in [1.54, 1.807) is 0 Å². The van der Waals surface area contributed by atoms with Crippen molar-refractivity contribution in [1.82, 2.24) is 0 Å². The van der Waals surface area contributed by atoms with Crippen LogP contribution < -0.4 is 0 Å². The second kappa shape index (κ2) is 15.9. The van der Waals surface area contributed by atoms with E-state index in [0.717, 1.165) is 6.42 Å².